The lowest BCUT2D eigenvalue weighted by Crippen LogP contribution is -2.25. The molecule has 0 atom stereocenters. The number of carbonyl (C=O) groups is 1. The van der Waals surface area contributed by atoms with Crippen molar-refractivity contribution < 1.29 is 6.22 Å². The highest BCUT2D eigenvalue weighted by atomic mass is 16.1. The SMILES string of the molecule is CC.CCC.CCc1cn(CCCNC(=O)c2ccc(C)cc2)cn1.[HH]. The van der Waals surface area contributed by atoms with Crippen LogP contribution in [0.4, 0.5) is 0 Å². The lowest BCUT2D eigenvalue weighted by Gasteiger charge is -2.06. The lowest BCUT2D eigenvalue weighted by atomic mass is 10.1. The van der Waals surface area contributed by atoms with Gasteiger partial charge in [0.2, 0.25) is 0 Å². The van der Waals surface area contributed by atoms with Gasteiger partial charge in [0.05, 0.1) is 12.0 Å². The van der Waals surface area contributed by atoms with E-state index in [1.54, 1.807) is 0 Å². The summed E-state index contributed by atoms with van der Waals surface area (Å²) in [6.45, 7) is 13.9. The third-order valence-corrected chi connectivity index (χ3v) is 3.24. The summed E-state index contributed by atoms with van der Waals surface area (Å²) in [5.41, 5.74) is 2.98. The van der Waals surface area contributed by atoms with Gasteiger partial charge in [0, 0.05) is 26.3 Å². The van der Waals surface area contributed by atoms with Gasteiger partial charge < -0.3 is 9.88 Å². The van der Waals surface area contributed by atoms with Crippen molar-refractivity contribution in [2.75, 3.05) is 6.54 Å². The van der Waals surface area contributed by atoms with E-state index in [4.69, 9.17) is 0 Å². The molecule has 142 valence electrons. The van der Waals surface area contributed by atoms with E-state index in [1.807, 2.05) is 51.4 Å². The van der Waals surface area contributed by atoms with Crippen LogP contribution >= 0.6 is 0 Å². The molecular weight excluding hydrogens is 310 g/mol. The number of carbonyl (C=O) groups excluding carboxylic acids is 1. The summed E-state index contributed by atoms with van der Waals surface area (Å²) < 4.78 is 2.07. The molecule has 0 fully saturated rings. The molecule has 1 N–H and O–H groups in total. The first kappa shape index (κ1) is 22.9. The van der Waals surface area contributed by atoms with Gasteiger partial charge in [0.25, 0.3) is 5.91 Å². The van der Waals surface area contributed by atoms with Crippen LogP contribution in [0.1, 0.15) is 70.5 Å². The van der Waals surface area contributed by atoms with E-state index >= 15 is 0 Å². The van der Waals surface area contributed by atoms with Gasteiger partial charge in [-0.2, -0.15) is 0 Å². The van der Waals surface area contributed by atoms with E-state index in [9.17, 15) is 4.79 Å². The van der Waals surface area contributed by atoms with Gasteiger partial charge in [-0.1, -0.05) is 58.7 Å². The van der Waals surface area contributed by atoms with Crippen molar-refractivity contribution in [2.24, 2.45) is 0 Å². The molecule has 2 rings (SSSR count). The highest BCUT2D eigenvalue weighted by molar-refractivity contribution is 5.94. The molecule has 25 heavy (non-hydrogen) atoms. The van der Waals surface area contributed by atoms with E-state index in [0.717, 1.165) is 30.6 Å². The molecule has 1 aromatic carbocycles. The molecule has 1 aromatic heterocycles. The summed E-state index contributed by atoms with van der Waals surface area (Å²) in [5, 5.41) is 2.94. The molecular formula is C21H37N3O. The number of hydrogen-bond donors (Lipinski definition) is 1. The minimum absolute atomic E-state index is 0. The Labute approximate surface area is 155 Å². The van der Waals surface area contributed by atoms with Gasteiger partial charge in [-0.25, -0.2) is 4.98 Å². The zero-order valence-corrected chi connectivity index (χ0v) is 16.8. The Morgan fingerprint density at radius 1 is 1.16 bits per heavy atom. The maximum atomic E-state index is 11.9. The van der Waals surface area contributed by atoms with Crippen LogP contribution in [0, 0.1) is 6.92 Å². The Morgan fingerprint density at radius 3 is 2.28 bits per heavy atom. The van der Waals surface area contributed by atoms with Gasteiger partial charge in [-0.3, -0.25) is 4.79 Å². The van der Waals surface area contributed by atoms with Crippen LogP contribution in [-0.4, -0.2) is 22.0 Å². The zero-order chi connectivity index (χ0) is 19.1. The van der Waals surface area contributed by atoms with Crippen molar-refractivity contribution in [3.8, 4) is 0 Å². The van der Waals surface area contributed by atoms with Crippen molar-refractivity contribution in [1.29, 1.82) is 0 Å². The van der Waals surface area contributed by atoms with Crippen LogP contribution < -0.4 is 5.32 Å². The van der Waals surface area contributed by atoms with Crippen LogP contribution in [0.15, 0.2) is 36.8 Å². The average Bonchev–Trinajstić information content (AvgIpc) is 3.09. The van der Waals surface area contributed by atoms with E-state index in [0.29, 0.717) is 12.1 Å². The summed E-state index contributed by atoms with van der Waals surface area (Å²) in [4.78, 5) is 16.2. The Kier molecular flexibility index (Phi) is 13.1. The summed E-state index contributed by atoms with van der Waals surface area (Å²) in [7, 11) is 0. The van der Waals surface area contributed by atoms with Crippen molar-refractivity contribution >= 4 is 5.91 Å². The second-order valence-corrected chi connectivity index (χ2v) is 5.64. The fourth-order valence-corrected chi connectivity index (χ4v) is 1.98. The van der Waals surface area contributed by atoms with Crippen LogP contribution in [0.25, 0.3) is 0 Å². The largest absolute Gasteiger partial charge is 0.352 e. The number of amides is 1. The highest BCUT2D eigenvalue weighted by Gasteiger charge is 2.03. The maximum Gasteiger partial charge on any atom is 0.251 e. The molecule has 0 radical (unpaired) electrons. The molecule has 0 saturated heterocycles. The predicted molar refractivity (Wildman–Crippen MR) is 109 cm³/mol. The van der Waals surface area contributed by atoms with Gasteiger partial charge in [-0.05, 0) is 31.9 Å². The standard InChI is InChI=1S/C16H21N3O.C3H8.C2H6.H2/c1-3-15-11-19(12-18-15)10-4-9-17-16(20)14-7-5-13(2)6-8-14;1-3-2;1-2;/h5-8,11-12H,3-4,9-10H2,1-2H3,(H,17,20);3H2,1-2H3;1-2H3;1H. The number of rotatable bonds is 6. The maximum absolute atomic E-state index is 11.9. The van der Waals surface area contributed by atoms with E-state index in [1.165, 1.54) is 6.42 Å². The van der Waals surface area contributed by atoms with E-state index in [2.05, 4.69) is 41.8 Å². The summed E-state index contributed by atoms with van der Waals surface area (Å²) in [6.07, 6.45) is 7.01. The van der Waals surface area contributed by atoms with Crippen molar-refractivity contribution in [3.63, 3.8) is 0 Å². The highest BCUT2D eigenvalue weighted by Crippen LogP contribution is 2.03. The fraction of sp³-hybridized carbons (Fsp3) is 0.524. The number of imidazole rings is 1. The van der Waals surface area contributed by atoms with E-state index < -0.39 is 0 Å². The van der Waals surface area contributed by atoms with Crippen molar-refractivity contribution in [1.82, 2.24) is 14.9 Å². The smallest absolute Gasteiger partial charge is 0.251 e. The van der Waals surface area contributed by atoms with Crippen molar-refractivity contribution in [3.05, 3.63) is 53.6 Å². The first-order chi connectivity index (χ1) is 12.1. The van der Waals surface area contributed by atoms with Gasteiger partial charge in [-0.15, -0.1) is 0 Å². The molecule has 0 aliphatic rings. The third-order valence-electron chi connectivity index (χ3n) is 3.24. The summed E-state index contributed by atoms with van der Waals surface area (Å²) in [5.74, 6) is -0.00937. The number of aromatic nitrogens is 2. The average molecular weight is 348 g/mol. The molecule has 0 aliphatic carbocycles. The quantitative estimate of drug-likeness (QED) is 0.724. The number of aryl methyl sites for hydroxylation is 3. The zero-order valence-electron chi connectivity index (χ0n) is 16.8. The number of nitrogens with one attached hydrogen (secondary N) is 1. The molecule has 0 aliphatic heterocycles. The van der Waals surface area contributed by atoms with Crippen molar-refractivity contribution in [2.45, 2.75) is 67.3 Å². The molecule has 0 saturated carbocycles. The van der Waals surface area contributed by atoms with Gasteiger partial charge >= 0.3 is 0 Å². The molecule has 1 amide bonds. The molecule has 4 nitrogen and oxygen atoms in total. The predicted octanol–water partition coefficient (Wildman–Crippen LogP) is 5.26. The molecule has 0 unspecified atom stereocenters. The van der Waals surface area contributed by atoms with Crippen LogP contribution in [0.5, 0.6) is 0 Å². The molecule has 2 aromatic rings. The third kappa shape index (κ3) is 9.70. The number of nitrogens with zero attached hydrogens (tertiary/aromatic N) is 2. The molecule has 1 heterocycles. The monoisotopic (exact) mass is 347 g/mol. The van der Waals surface area contributed by atoms with Gasteiger partial charge in [0.15, 0.2) is 0 Å². The van der Waals surface area contributed by atoms with Crippen LogP contribution in [0.3, 0.4) is 0 Å². The first-order valence-electron chi connectivity index (χ1n) is 9.46. The Morgan fingerprint density at radius 2 is 1.76 bits per heavy atom. The van der Waals surface area contributed by atoms with Crippen LogP contribution in [-0.2, 0) is 13.0 Å². The number of benzene rings is 1. The summed E-state index contributed by atoms with van der Waals surface area (Å²) >= 11 is 0. The Bertz CT molecular complexity index is 579. The summed E-state index contributed by atoms with van der Waals surface area (Å²) in [6, 6.07) is 7.61. The van der Waals surface area contributed by atoms with Crippen LogP contribution in [0.2, 0.25) is 0 Å². The normalized spacial score (nSPS) is 9.36. The lowest BCUT2D eigenvalue weighted by molar-refractivity contribution is 0.0952. The fourth-order valence-electron chi connectivity index (χ4n) is 1.98. The van der Waals surface area contributed by atoms with E-state index in [-0.39, 0.29) is 7.33 Å². The molecule has 0 spiro atoms. The minimum Gasteiger partial charge on any atom is -0.352 e. The second-order valence-electron chi connectivity index (χ2n) is 5.64. The second kappa shape index (κ2) is 14.3. The van der Waals surface area contributed by atoms with Gasteiger partial charge in [0.1, 0.15) is 0 Å². The topological polar surface area (TPSA) is 46.9 Å². The Balaban J connectivity index is 0. The Hall–Kier alpha value is -2.10. The molecule has 0 bridgehead atoms. The molecule has 4 heteroatoms. The first-order valence-corrected chi connectivity index (χ1v) is 9.46. The number of hydrogen-bond acceptors (Lipinski definition) is 2. The minimum atomic E-state index is -0.00937.